The van der Waals surface area contributed by atoms with Gasteiger partial charge in [0, 0.05) is 23.7 Å². The molecular weight excluding hydrogens is 288 g/mol. The third-order valence-electron chi connectivity index (χ3n) is 4.10. The molecule has 0 radical (unpaired) electrons. The van der Waals surface area contributed by atoms with E-state index in [1.807, 2.05) is 42.5 Å². The van der Waals surface area contributed by atoms with Gasteiger partial charge in [-0.05, 0) is 43.2 Å². The van der Waals surface area contributed by atoms with E-state index >= 15 is 0 Å². The molecular formula is C19H22N2O2. The van der Waals surface area contributed by atoms with Crippen LogP contribution >= 0.6 is 0 Å². The lowest BCUT2D eigenvalue weighted by Crippen LogP contribution is -2.34. The highest BCUT2D eigenvalue weighted by Crippen LogP contribution is 2.41. The number of nitrogens with one attached hydrogen (secondary N) is 2. The van der Waals surface area contributed by atoms with Gasteiger partial charge in [-0.3, -0.25) is 4.79 Å². The first-order valence-electron chi connectivity index (χ1n) is 8.00. The molecule has 1 aliphatic carbocycles. The highest BCUT2D eigenvalue weighted by atomic mass is 16.5. The third kappa shape index (κ3) is 4.33. The third-order valence-corrected chi connectivity index (χ3v) is 4.10. The van der Waals surface area contributed by atoms with Crippen molar-refractivity contribution in [2.24, 2.45) is 0 Å². The molecule has 1 amide bonds. The summed E-state index contributed by atoms with van der Waals surface area (Å²) in [6.07, 6.45) is 1.85. The van der Waals surface area contributed by atoms with Crippen molar-refractivity contribution < 1.29 is 9.53 Å². The van der Waals surface area contributed by atoms with Gasteiger partial charge in [0.1, 0.15) is 12.4 Å². The standard InChI is InChI=1S/C19H22N2O2/c1-14(12-23-17-5-3-2-4-6-17)21-19-11-18(19)15-7-9-16(10-8-15)20-13-22/h2-10,13-14,18-19,21H,11-12H2,1H3,(H,20,22). The Kier molecular flexibility index (Phi) is 4.93. The van der Waals surface area contributed by atoms with Crippen LogP contribution in [0.4, 0.5) is 5.69 Å². The molecule has 3 unspecified atom stereocenters. The van der Waals surface area contributed by atoms with Crippen LogP contribution in [0.3, 0.4) is 0 Å². The number of hydrogen-bond donors (Lipinski definition) is 2. The molecule has 0 saturated heterocycles. The van der Waals surface area contributed by atoms with E-state index in [2.05, 4.69) is 29.7 Å². The summed E-state index contributed by atoms with van der Waals surface area (Å²) in [5, 5.41) is 6.27. The average Bonchev–Trinajstić information content (AvgIpc) is 3.34. The molecule has 0 bridgehead atoms. The minimum Gasteiger partial charge on any atom is -0.492 e. The van der Waals surface area contributed by atoms with Crippen molar-refractivity contribution in [3.8, 4) is 5.75 Å². The van der Waals surface area contributed by atoms with Crippen LogP contribution in [0, 0.1) is 0 Å². The Bertz CT molecular complexity index is 628. The zero-order valence-electron chi connectivity index (χ0n) is 13.2. The number of amides is 1. The number of para-hydroxylation sites is 1. The van der Waals surface area contributed by atoms with Gasteiger partial charge in [0.05, 0.1) is 0 Å². The van der Waals surface area contributed by atoms with Gasteiger partial charge < -0.3 is 15.4 Å². The van der Waals surface area contributed by atoms with Crippen molar-refractivity contribution in [3.05, 3.63) is 60.2 Å². The van der Waals surface area contributed by atoms with Crippen LogP contribution in [0.15, 0.2) is 54.6 Å². The molecule has 23 heavy (non-hydrogen) atoms. The van der Waals surface area contributed by atoms with Crippen LogP contribution in [0.1, 0.15) is 24.8 Å². The molecule has 3 rings (SSSR count). The Morgan fingerprint density at radius 1 is 1.17 bits per heavy atom. The maximum absolute atomic E-state index is 10.4. The monoisotopic (exact) mass is 310 g/mol. The van der Waals surface area contributed by atoms with Crippen molar-refractivity contribution in [2.75, 3.05) is 11.9 Å². The maximum atomic E-state index is 10.4. The van der Waals surface area contributed by atoms with Crippen LogP contribution in [-0.4, -0.2) is 25.1 Å². The number of hydrogen-bond acceptors (Lipinski definition) is 3. The van der Waals surface area contributed by atoms with Crippen LogP contribution in [0.25, 0.3) is 0 Å². The summed E-state index contributed by atoms with van der Waals surface area (Å²) >= 11 is 0. The summed E-state index contributed by atoms with van der Waals surface area (Å²) in [6, 6.07) is 18.8. The van der Waals surface area contributed by atoms with Crippen molar-refractivity contribution in [1.29, 1.82) is 0 Å². The number of anilines is 1. The van der Waals surface area contributed by atoms with Crippen LogP contribution in [0.5, 0.6) is 5.75 Å². The van der Waals surface area contributed by atoms with E-state index in [1.165, 1.54) is 5.56 Å². The van der Waals surface area contributed by atoms with Gasteiger partial charge in [-0.2, -0.15) is 0 Å². The summed E-state index contributed by atoms with van der Waals surface area (Å²) in [5.74, 6) is 1.46. The van der Waals surface area contributed by atoms with E-state index in [4.69, 9.17) is 4.74 Å². The van der Waals surface area contributed by atoms with Gasteiger partial charge >= 0.3 is 0 Å². The quantitative estimate of drug-likeness (QED) is 0.736. The fraction of sp³-hybridized carbons (Fsp3) is 0.316. The van der Waals surface area contributed by atoms with Gasteiger partial charge in [0.15, 0.2) is 0 Å². The molecule has 1 fully saturated rings. The molecule has 4 heteroatoms. The molecule has 120 valence electrons. The number of ether oxygens (including phenoxy) is 1. The van der Waals surface area contributed by atoms with E-state index in [0.29, 0.717) is 31.0 Å². The SMILES string of the molecule is CC(COc1ccccc1)NC1CC1c1ccc(NC=O)cc1. The Balaban J connectivity index is 1.44. The summed E-state index contributed by atoms with van der Waals surface area (Å²) < 4.78 is 5.78. The second-order valence-electron chi connectivity index (χ2n) is 6.02. The second kappa shape index (κ2) is 7.29. The molecule has 3 atom stereocenters. The lowest BCUT2D eigenvalue weighted by molar-refractivity contribution is -0.105. The lowest BCUT2D eigenvalue weighted by atomic mass is 10.1. The van der Waals surface area contributed by atoms with Crippen molar-refractivity contribution in [2.45, 2.75) is 31.3 Å². The Hall–Kier alpha value is -2.33. The molecule has 0 spiro atoms. The van der Waals surface area contributed by atoms with Gasteiger partial charge in [-0.15, -0.1) is 0 Å². The van der Waals surface area contributed by atoms with Gasteiger partial charge in [-0.1, -0.05) is 30.3 Å². The van der Waals surface area contributed by atoms with Crippen LogP contribution in [-0.2, 0) is 4.79 Å². The van der Waals surface area contributed by atoms with Crippen LogP contribution < -0.4 is 15.4 Å². The zero-order chi connectivity index (χ0) is 16.1. The van der Waals surface area contributed by atoms with Crippen molar-refractivity contribution in [1.82, 2.24) is 5.32 Å². The average molecular weight is 310 g/mol. The predicted octanol–water partition coefficient (Wildman–Crippen LogP) is 3.17. The fourth-order valence-corrected chi connectivity index (χ4v) is 2.79. The molecule has 2 aromatic rings. The molecule has 2 N–H and O–H groups in total. The normalized spacial score (nSPS) is 20.6. The number of carbonyl (C=O) groups is 1. The molecule has 0 aliphatic heterocycles. The molecule has 4 nitrogen and oxygen atoms in total. The summed E-state index contributed by atoms with van der Waals surface area (Å²) in [5.41, 5.74) is 2.15. The van der Waals surface area contributed by atoms with Gasteiger partial charge in [-0.25, -0.2) is 0 Å². The highest BCUT2D eigenvalue weighted by Gasteiger charge is 2.38. The predicted molar refractivity (Wildman–Crippen MR) is 91.8 cm³/mol. The smallest absolute Gasteiger partial charge is 0.211 e. The molecule has 0 heterocycles. The highest BCUT2D eigenvalue weighted by molar-refractivity contribution is 5.71. The summed E-state index contributed by atoms with van der Waals surface area (Å²) in [7, 11) is 0. The number of rotatable bonds is 8. The first-order chi connectivity index (χ1) is 11.3. The van der Waals surface area contributed by atoms with E-state index in [1.54, 1.807) is 0 Å². The van der Waals surface area contributed by atoms with E-state index < -0.39 is 0 Å². The topological polar surface area (TPSA) is 50.4 Å². The van der Waals surface area contributed by atoms with E-state index in [9.17, 15) is 4.79 Å². The second-order valence-corrected chi connectivity index (χ2v) is 6.02. The minimum atomic E-state index is 0.307. The molecule has 2 aromatic carbocycles. The molecule has 0 aromatic heterocycles. The maximum Gasteiger partial charge on any atom is 0.211 e. The number of benzene rings is 2. The summed E-state index contributed by atoms with van der Waals surface area (Å²) in [4.78, 5) is 10.4. The molecule has 1 aliphatic rings. The Morgan fingerprint density at radius 3 is 2.61 bits per heavy atom. The largest absolute Gasteiger partial charge is 0.492 e. The molecule has 1 saturated carbocycles. The first-order valence-corrected chi connectivity index (χ1v) is 8.00. The van der Waals surface area contributed by atoms with Gasteiger partial charge in [0.2, 0.25) is 6.41 Å². The van der Waals surface area contributed by atoms with E-state index in [-0.39, 0.29) is 0 Å². The Labute approximate surface area is 136 Å². The van der Waals surface area contributed by atoms with Crippen LogP contribution in [0.2, 0.25) is 0 Å². The fourth-order valence-electron chi connectivity index (χ4n) is 2.79. The van der Waals surface area contributed by atoms with E-state index in [0.717, 1.165) is 17.9 Å². The number of carbonyl (C=O) groups excluding carboxylic acids is 1. The first kappa shape index (κ1) is 15.6. The summed E-state index contributed by atoms with van der Waals surface area (Å²) in [6.45, 7) is 2.81. The zero-order valence-corrected chi connectivity index (χ0v) is 13.2. The van der Waals surface area contributed by atoms with Crippen molar-refractivity contribution >= 4 is 12.1 Å². The minimum absolute atomic E-state index is 0.307. The Morgan fingerprint density at radius 2 is 1.91 bits per heavy atom. The van der Waals surface area contributed by atoms with Gasteiger partial charge in [0.25, 0.3) is 0 Å². The lowest BCUT2D eigenvalue weighted by Gasteiger charge is -2.15. The van der Waals surface area contributed by atoms with Crippen molar-refractivity contribution in [3.63, 3.8) is 0 Å².